The molecule has 1 saturated heterocycles. The van der Waals surface area contributed by atoms with Crippen LogP contribution in [0.15, 0.2) is 29.2 Å². The van der Waals surface area contributed by atoms with Crippen LogP contribution in [-0.2, 0) is 14.8 Å². The topological polar surface area (TPSA) is 55.8 Å². The Morgan fingerprint density at radius 1 is 1.20 bits per heavy atom. The smallest absolute Gasteiger partial charge is 0.243 e. The number of sulfonamides is 1. The summed E-state index contributed by atoms with van der Waals surface area (Å²) in [5.41, 5.74) is 0. The van der Waals surface area contributed by atoms with Gasteiger partial charge in [0.15, 0.2) is 0 Å². The Labute approximate surface area is 120 Å². The average molecular weight is 299 g/mol. The van der Waals surface area contributed by atoms with Gasteiger partial charge in [-0.25, -0.2) is 8.42 Å². The first-order valence-electron chi connectivity index (χ1n) is 6.83. The van der Waals surface area contributed by atoms with Crippen molar-refractivity contribution in [3.8, 4) is 5.75 Å². The third-order valence-electron chi connectivity index (χ3n) is 3.51. The fourth-order valence-electron chi connectivity index (χ4n) is 2.33. The van der Waals surface area contributed by atoms with Crippen LogP contribution < -0.4 is 4.74 Å². The molecule has 0 radical (unpaired) electrons. The molecule has 0 bridgehead atoms. The molecule has 1 fully saturated rings. The van der Waals surface area contributed by atoms with Crippen molar-refractivity contribution < 1.29 is 17.9 Å². The molecule has 0 amide bonds. The van der Waals surface area contributed by atoms with Crippen LogP contribution in [-0.4, -0.2) is 45.6 Å². The van der Waals surface area contributed by atoms with Gasteiger partial charge in [0.2, 0.25) is 10.0 Å². The van der Waals surface area contributed by atoms with Gasteiger partial charge in [-0.05, 0) is 44.0 Å². The second-order valence-electron chi connectivity index (χ2n) is 4.74. The predicted octanol–water partition coefficient (Wildman–Crippen LogP) is 1.88. The third kappa shape index (κ3) is 3.31. The summed E-state index contributed by atoms with van der Waals surface area (Å²) in [6.07, 6.45) is 1.65. The molecule has 5 nitrogen and oxygen atoms in total. The molecule has 0 unspecified atom stereocenters. The highest BCUT2D eigenvalue weighted by molar-refractivity contribution is 7.89. The van der Waals surface area contributed by atoms with Crippen LogP contribution in [0.3, 0.4) is 0 Å². The summed E-state index contributed by atoms with van der Waals surface area (Å²) in [6.45, 7) is 3.48. The van der Waals surface area contributed by atoms with Crippen molar-refractivity contribution >= 4 is 10.0 Å². The van der Waals surface area contributed by atoms with Crippen LogP contribution in [0.2, 0.25) is 0 Å². The van der Waals surface area contributed by atoms with Gasteiger partial charge < -0.3 is 9.47 Å². The van der Waals surface area contributed by atoms with Crippen molar-refractivity contribution in [2.75, 3.05) is 26.8 Å². The quantitative estimate of drug-likeness (QED) is 0.833. The van der Waals surface area contributed by atoms with Crippen molar-refractivity contribution in [1.29, 1.82) is 0 Å². The van der Waals surface area contributed by atoms with E-state index in [9.17, 15) is 8.42 Å². The van der Waals surface area contributed by atoms with E-state index < -0.39 is 10.0 Å². The number of nitrogens with zero attached hydrogens (tertiary/aromatic N) is 1. The number of rotatable bonds is 5. The van der Waals surface area contributed by atoms with Gasteiger partial charge in [0, 0.05) is 20.2 Å². The molecule has 112 valence electrons. The Kier molecular flexibility index (Phi) is 5.01. The first-order chi connectivity index (χ1) is 9.57. The van der Waals surface area contributed by atoms with Crippen LogP contribution in [0.25, 0.3) is 0 Å². The van der Waals surface area contributed by atoms with Crippen molar-refractivity contribution in [2.24, 2.45) is 0 Å². The van der Waals surface area contributed by atoms with Gasteiger partial charge in [-0.3, -0.25) is 0 Å². The van der Waals surface area contributed by atoms with Gasteiger partial charge >= 0.3 is 0 Å². The SMILES string of the molecule is CCOc1ccc(S(=O)(=O)N2CCC(OC)CC2)cc1. The number of hydrogen-bond acceptors (Lipinski definition) is 4. The van der Waals surface area contributed by atoms with Gasteiger partial charge in [0.05, 0.1) is 17.6 Å². The predicted molar refractivity (Wildman–Crippen MR) is 76.4 cm³/mol. The molecule has 1 aromatic carbocycles. The van der Waals surface area contributed by atoms with E-state index in [1.54, 1.807) is 31.4 Å². The molecule has 20 heavy (non-hydrogen) atoms. The number of benzene rings is 1. The van der Waals surface area contributed by atoms with Crippen molar-refractivity contribution in [2.45, 2.75) is 30.8 Å². The highest BCUT2D eigenvalue weighted by Gasteiger charge is 2.29. The maximum absolute atomic E-state index is 12.5. The number of piperidine rings is 1. The van der Waals surface area contributed by atoms with Crippen molar-refractivity contribution in [3.05, 3.63) is 24.3 Å². The number of methoxy groups -OCH3 is 1. The molecule has 0 aliphatic carbocycles. The van der Waals surface area contributed by atoms with E-state index >= 15 is 0 Å². The Morgan fingerprint density at radius 3 is 2.30 bits per heavy atom. The van der Waals surface area contributed by atoms with Crippen LogP contribution in [0, 0.1) is 0 Å². The normalized spacial score (nSPS) is 18.1. The fourth-order valence-corrected chi connectivity index (χ4v) is 3.80. The first-order valence-corrected chi connectivity index (χ1v) is 8.27. The number of hydrogen-bond donors (Lipinski definition) is 0. The molecule has 0 saturated carbocycles. The minimum absolute atomic E-state index is 0.168. The molecular weight excluding hydrogens is 278 g/mol. The number of ether oxygens (including phenoxy) is 2. The van der Waals surface area contributed by atoms with E-state index in [0.717, 1.165) is 12.8 Å². The zero-order valence-corrected chi connectivity index (χ0v) is 12.7. The van der Waals surface area contributed by atoms with Crippen LogP contribution in [0.4, 0.5) is 0 Å². The van der Waals surface area contributed by atoms with E-state index in [1.807, 2.05) is 6.92 Å². The van der Waals surface area contributed by atoms with Gasteiger partial charge in [0.25, 0.3) is 0 Å². The molecule has 1 aliphatic heterocycles. The first kappa shape index (κ1) is 15.3. The Hall–Kier alpha value is -1.11. The van der Waals surface area contributed by atoms with Gasteiger partial charge in [-0.2, -0.15) is 4.31 Å². The fraction of sp³-hybridized carbons (Fsp3) is 0.571. The lowest BCUT2D eigenvalue weighted by Gasteiger charge is -2.30. The molecule has 0 N–H and O–H groups in total. The molecule has 1 aromatic rings. The summed E-state index contributed by atoms with van der Waals surface area (Å²) in [7, 11) is -1.74. The van der Waals surface area contributed by atoms with E-state index in [0.29, 0.717) is 30.3 Å². The van der Waals surface area contributed by atoms with Gasteiger partial charge in [-0.15, -0.1) is 0 Å². The standard InChI is InChI=1S/C14H21NO4S/c1-3-19-13-4-6-14(7-5-13)20(16,17)15-10-8-12(18-2)9-11-15/h4-7,12H,3,8-11H2,1-2H3. The summed E-state index contributed by atoms with van der Waals surface area (Å²) in [4.78, 5) is 0.316. The summed E-state index contributed by atoms with van der Waals surface area (Å²) < 4.78 is 37.1. The van der Waals surface area contributed by atoms with Crippen molar-refractivity contribution in [3.63, 3.8) is 0 Å². The van der Waals surface area contributed by atoms with E-state index in [1.165, 1.54) is 4.31 Å². The molecule has 0 spiro atoms. The van der Waals surface area contributed by atoms with E-state index in [4.69, 9.17) is 9.47 Å². The lowest BCUT2D eigenvalue weighted by molar-refractivity contribution is 0.0604. The summed E-state index contributed by atoms with van der Waals surface area (Å²) in [6, 6.07) is 6.59. The maximum atomic E-state index is 12.5. The second-order valence-corrected chi connectivity index (χ2v) is 6.68. The molecule has 1 aliphatic rings. The van der Waals surface area contributed by atoms with E-state index in [2.05, 4.69) is 0 Å². The summed E-state index contributed by atoms with van der Waals surface area (Å²) in [5, 5.41) is 0. The average Bonchev–Trinajstić information content (AvgIpc) is 2.48. The van der Waals surface area contributed by atoms with Crippen LogP contribution in [0.5, 0.6) is 5.75 Å². The molecule has 1 heterocycles. The largest absolute Gasteiger partial charge is 0.494 e. The second kappa shape index (κ2) is 6.56. The Morgan fingerprint density at radius 2 is 1.80 bits per heavy atom. The van der Waals surface area contributed by atoms with E-state index in [-0.39, 0.29) is 6.10 Å². The Balaban J connectivity index is 2.10. The maximum Gasteiger partial charge on any atom is 0.243 e. The monoisotopic (exact) mass is 299 g/mol. The summed E-state index contributed by atoms with van der Waals surface area (Å²) >= 11 is 0. The minimum Gasteiger partial charge on any atom is -0.494 e. The van der Waals surface area contributed by atoms with Crippen molar-refractivity contribution in [1.82, 2.24) is 4.31 Å². The minimum atomic E-state index is -3.40. The van der Waals surface area contributed by atoms with Crippen LogP contribution in [0.1, 0.15) is 19.8 Å². The third-order valence-corrected chi connectivity index (χ3v) is 5.42. The van der Waals surface area contributed by atoms with Gasteiger partial charge in [-0.1, -0.05) is 0 Å². The molecule has 0 atom stereocenters. The highest BCUT2D eigenvalue weighted by atomic mass is 32.2. The molecule has 0 aromatic heterocycles. The lowest BCUT2D eigenvalue weighted by atomic mass is 10.1. The molecular formula is C14H21NO4S. The lowest BCUT2D eigenvalue weighted by Crippen LogP contribution is -2.40. The Bertz CT molecular complexity index is 519. The van der Waals surface area contributed by atoms with Crippen LogP contribution >= 0.6 is 0 Å². The zero-order chi connectivity index (χ0) is 14.6. The molecule has 2 rings (SSSR count). The zero-order valence-electron chi connectivity index (χ0n) is 11.9. The molecule has 6 heteroatoms. The van der Waals surface area contributed by atoms with Gasteiger partial charge in [0.1, 0.15) is 5.75 Å². The summed E-state index contributed by atoms with van der Waals surface area (Å²) in [5.74, 6) is 0.685. The highest BCUT2D eigenvalue weighted by Crippen LogP contribution is 2.23.